The van der Waals surface area contributed by atoms with Crippen LogP contribution in [-0.2, 0) is 4.74 Å². The average molecular weight is 279 g/mol. The fourth-order valence-electron chi connectivity index (χ4n) is 2.45. The molecule has 0 amide bonds. The molecule has 0 fully saturated rings. The molecule has 1 aliphatic rings. The molecule has 2 rings (SSSR count). The van der Waals surface area contributed by atoms with E-state index in [0.29, 0.717) is 13.2 Å². The van der Waals surface area contributed by atoms with Crippen molar-refractivity contribution in [3.05, 3.63) is 23.8 Å². The summed E-state index contributed by atoms with van der Waals surface area (Å²) >= 11 is 0. The van der Waals surface area contributed by atoms with Crippen molar-refractivity contribution >= 4 is 0 Å². The van der Waals surface area contributed by atoms with Crippen molar-refractivity contribution in [1.82, 2.24) is 5.32 Å². The van der Waals surface area contributed by atoms with Gasteiger partial charge in [0.2, 0.25) is 0 Å². The molecule has 0 saturated carbocycles. The first kappa shape index (κ1) is 15.1. The Morgan fingerprint density at radius 1 is 1.25 bits per heavy atom. The van der Waals surface area contributed by atoms with Crippen LogP contribution >= 0.6 is 0 Å². The van der Waals surface area contributed by atoms with Gasteiger partial charge in [-0.2, -0.15) is 0 Å². The summed E-state index contributed by atoms with van der Waals surface area (Å²) in [5.74, 6) is 1.66. The molecule has 112 valence electrons. The highest BCUT2D eigenvalue weighted by atomic mass is 16.5. The predicted molar refractivity (Wildman–Crippen MR) is 79.6 cm³/mol. The van der Waals surface area contributed by atoms with Crippen LogP contribution in [0.25, 0.3) is 0 Å². The van der Waals surface area contributed by atoms with Gasteiger partial charge in [0.25, 0.3) is 0 Å². The summed E-state index contributed by atoms with van der Waals surface area (Å²) in [6.07, 6.45) is 0.921. The van der Waals surface area contributed by atoms with E-state index in [-0.39, 0.29) is 11.6 Å². The third-order valence-electron chi connectivity index (χ3n) is 3.73. The van der Waals surface area contributed by atoms with Gasteiger partial charge in [-0.15, -0.1) is 0 Å². The maximum Gasteiger partial charge on any atom is 0.161 e. The van der Waals surface area contributed by atoms with Gasteiger partial charge in [-0.05, 0) is 38.1 Å². The van der Waals surface area contributed by atoms with Crippen LogP contribution in [0.1, 0.15) is 38.8 Å². The smallest absolute Gasteiger partial charge is 0.161 e. The second kappa shape index (κ2) is 6.46. The van der Waals surface area contributed by atoms with E-state index in [0.717, 1.165) is 30.0 Å². The zero-order valence-corrected chi connectivity index (χ0v) is 12.9. The molecule has 0 radical (unpaired) electrons. The molecule has 0 saturated heterocycles. The minimum atomic E-state index is -0.296. The maximum absolute atomic E-state index is 5.77. The van der Waals surface area contributed by atoms with Gasteiger partial charge < -0.3 is 19.5 Å². The molecule has 1 N–H and O–H groups in total. The van der Waals surface area contributed by atoms with Crippen molar-refractivity contribution in [3.8, 4) is 11.5 Å². The lowest BCUT2D eigenvalue weighted by Gasteiger charge is -2.34. The zero-order valence-electron chi connectivity index (χ0n) is 12.9. The number of ether oxygens (including phenoxy) is 3. The Hall–Kier alpha value is -1.26. The lowest BCUT2D eigenvalue weighted by Crippen LogP contribution is -2.40. The topological polar surface area (TPSA) is 39.7 Å². The summed E-state index contributed by atoms with van der Waals surface area (Å²) in [7, 11) is 1.74. The van der Waals surface area contributed by atoms with Gasteiger partial charge in [-0.3, -0.25) is 0 Å². The normalized spacial score (nSPS) is 16.6. The quantitative estimate of drug-likeness (QED) is 0.899. The van der Waals surface area contributed by atoms with E-state index in [9.17, 15) is 0 Å². The molecule has 1 atom stereocenters. The van der Waals surface area contributed by atoms with Gasteiger partial charge in [-0.25, -0.2) is 0 Å². The Bertz CT molecular complexity index is 445. The first-order chi connectivity index (χ1) is 9.58. The molecule has 1 heterocycles. The number of rotatable bonds is 5. The molecule has 4 heteroatoms. The van der Waals surface area contributed by atoms with Crippen molar-refractivity contribution in [1.29, 1.82) is 0 Å². The van der Waals surface area contributed by atoms with E-state index in [1.165, 1.54) is 0 Å². The van der Waals surface area contributed by atoms with Crippen LogP contribution in [0.4, 0.5) is 0 Å². The zero-order chi connectivity index (χ0) is 14.6. The number of likely N-dealkylation sites (N-methyl/N-ethyl adjacent to an activating group) is 1. The number of benzene rings is 1. The Kier molecular flexibility index (Phi) is 4.89. The number of nitrogens with one attached hydrogen (secondary N) is 1. The van der Waals surface area contributed by atoms with Crippen LogP contribution in [0.3, 0.4) is 0 Å². The second-order valence-electron chi connectivity index (χ2n) is 5.55. The summed E-state index contributed by atoms with van der Waals surface area (Å²) < 4.78 is 17.1. The monoisotopic (exact) mass is 279 g/mol. The first-order valence-electron chi connectivity index (χ1n) is 7.26. The van der Waals surface area contributed by atoms with Crippen molar-refractivity contribution in [3.63, 3.8) is 0 Å². The van der Waals surface area contributed by atoms with Crippen LogP contribution in [0.5, 0.6) is 11.5 Å². The van der Waals surface area contributed by atoms with Crippen LogP contribution in [0, 0.1) is 0 Å². The maximum atomic E-state index is 5.77. The van der Waals surface area contributed by atoms with E-state index >= 15 is 0 Å². The Morgan fingerprint density at radius 3 is 2.60 bits per heavy atom. The molecule has 0 spiro atoms. The molecule has 0 aliphatic carbocycles. The molecular weight excluding hydrogens is 254 g/mol. The molecule has 0 bridgehead atoms. The van der Waals surface area contributed by atoms with E-state index < -0.39 is 0 Å². The van der Waals surface area contributed by atoms with E-state index in [1.807, 2.05) is 6.07 Å². The van der Waals surface area contributed by atoms with Crippen molar-refractivity contribution < 1.29 is 14.2 Å². The third-order valence-corrected chi connectivity index (χ3v) is 3.73. The Morgan fingerprint density at radius 2 is 1.95 bits per heavy atom. The van der Waals surface area contributed by atoms with E-state index in [1.54, 1.807) is 7.11 Å². The first-order valence-corrected chi connectivity index (χ1v) is 7.26. The molecule has 1 aliphatic heterocycles. The number of hydrogen-bond acceptors (Lipinski definition) is 4. The van der Waals surface area contributed by atoms with Crippen LogP contribution < -0.4 is 14.8 Å². The van der Waals surface area contributed by atoms with Crippen molar-refractivity contribution in [2.45, 2.75) is 38.8 Å². The van der Waals surface area contributed by atoms with Crippen LogP contribution in [0.15, 0.2) is 18.2 Å². The predicted octanol–water partition coefficient (Wildman–Crippen LogP) is 2.92. The van der Waals surface area contributed by atoms with E-state index in [4.69, 9.17) is 14.2 Å². The Balaban J connectivity index is 2.32. The Labute approximate surface area is 121 Å². The van der Waals surface area contributed by atoms with Crippen LogP contribution in [0.2, 0.25) is 0 Å². The molecular formula is C16H25NO3. The van der Waals surface area contributed by atoms with Gasteiger partial charge in [0, 0.05) is 13.5 Å². The SMILES string of the molecule is CCNC(c1ccc2c(c1)OCCCO2)C(C)(C)OC. The standard InChI is InChI=1S/C16H25NO3/c1-5-17-15(16(2,3)18-4)12-7-8-13-14(11-12)20-10-6-9-19-13/h7-8,11,15,17H,5-6,9-10H2,1-4H3. The summed E-state index contributed by atoms with van der Waals surface area (Å²) in [4.78, 5) is 0. The number of fused-ring (bicyclic) bond motifs is 1. The fourth-order valence-corrected chi connectivity index (χ4v) is 2.45. The second-order valence-corrected chi connectivity index (χ2v) is 5.55. The number of methoxy groups -OCH3 is 1. The van der Waals surface area contributed by atoms with Gasteiger partial charge in [0.1, 0.15) is 0 Å². The summed E-state index contributed by atoms with van der Waals surface area (Å²) in [5, 5.41) is 3.49. The third kappa shape index (κ3) is 3.25. The van der Waals surface area contributed by atoms with E-state index in [2.05, 4.69) is 38.2 Å². The minimum Gasteiger partial charge on any atom is -0.490 e. The van der Waals surface area contributed by atoms with Crippen molar-refractivity contribution in [2.75, 3.05) is 26.9 Å². The molecule has 1 aromatic rings. The van der Waals surface area contributed by atoms with Gasteiger partial charge in [0.05, 0.1) is 24.9 Å². The van der Waals surface area contributed by atoms with Crippen molar-refractivity contribution in [2.24, 2.45) is 0 Å². The molecule has 1 unspecified atom stereocenters. The fraction of sp³-hybridized carbons (Fsp3) is 0.625. The van der Waals surface area contributed by atoms with Gasteiger partial charge in [-0.1, -0.05) is 13.0 Å². The van der Waals surface area contributed by atoms with Gasteiger partial charge >= 0.3 is 0 Å². The lowest BCUT2D eigenvalue weighted by atomic mass is 9.91. The minimum absolute atomic E-state index is 0.106. The largest absolute Gasteiger partial charge is 0.490 e. The van der Waals surface area contributed by atoms with Crippen LogP contribution in [-0.4, -0.2) is 32.5 Å². The molecule has 4 nitrogen and oxygen atoms in total. The summed E-state index contributed by atoms with van der Waals surface area (Å²) in [6, 6.07) is 6.25. The molecule has 1 aromatic carbocycles. The summed E-state index contributed by atoms with van der Waals surface area (Å²) in [6.45, 7) is 8.57. The number of hydrogen-bond donors (Lipinski definition) is 1. The lowest BCUT2D eigenvalue weighted by molar-refractivity contribution is -0.0107. The molecule has 20 heavy (non-hydrogen) atoms. The summed E-state index contributed by atoms with van der Waals surface area (Å²) in [5.41, 5.74) is 0.860. The highest BCUT2D eigenvalue weighted by molar-refractivity contribution is 5.44. The highest BCUT2D eigenvalue weighted by Gasteiger charge is 2.30. The van der Waals surface area contributed by atoms with Gasteiger partial charge in [0.15, 0.2) is 11.5 Å². The highest BCUT2D eigenvalue weighted by Crippen LogP contribution is 2.36. The molecule has 0 aromatic heterocycles. The average Bonchev–Trinajstić information content (AvgIpc) is 2.69.